The number of thiazole rings is 1. The van der Waals surface area contributed by atoms with Crippen LogP contribution in [-0.4, -0.2) is 27.4 Å². The average molecular weight is 418 g/mol. The van der Waals surface area contributed by atoms with Gasteiger partial charge >= 0.3 is 0 Å². The molecule has 5 aromatic rings. The van der Waals surface area contributed by atoms with Crippen molar-refractivity contribution in [1.29, 1.82) is 0 Å². The molecule has 6 nitrogen and oxygen atoms in total. The number of methoxy groups -OCH3 is 1. The molecule has 0 aliphatic rings. The Morgan fingerprint density at radius 3 is 2.73 bits per heavy atom. The molecule has 3 heterocycles. The highest BCUT2D eigenvalue weighted by Crippen LogP contribution is 2.31. The fourth-order valence-corrected chi connectivity index (χ4v) is 4.04. The summed E-state index contributed by atoms with van der Waals surface area (Å²) in [6, 6.07) is 15.3. The van der Waals surface area contributed by atoms with Gasteiger partial charge in [-0.3, -0.25) is 9.20 Å². The summed E-state index contributed by atoms with van der Waals surface area (Å²) in [5.41, 5.74) is 1.48. The number of rotatable bonds is 4. The zero-order valence-electron chi connectivity index (χ0n) is 15.8. The number of carbonyl (C=O) groups excluding carboxylic acids is 1. The third kappa shape index (κ3) is 3.07. The molecule has 8 heteroatoms. The van der Waals surface area contributed by atoms with Crippen LogP contribution in [0.5, 0.6) is 5.88 Å². The van der Waals surface area contributed by atoms with Gasteiger partial charge in [0.15, 0.2) is 4.96 Å². The quantitative estimate of drug-likeness (QED) is 0.445. The van der Waals surface area contributed by atoms with Gasteiger partial charge < -0.3 is 10.1 Å². The number of ether oxygens (including phenoxy) is 1. The zero-order valence-corrected chi connectivity index (χ0v) is 16.6. The van der Waals surface area contributed by atoms with Crippen LogP contribution in [0, 0.1) is 5.82 Å². The van der Waals surface area contributed by atoms with Crippen molar-refractivity contribution in [3.05, 3.63) is 77.7 Å². The highest BCUT2D eigenvalue weighted by Gasteiger charge is 2.20. The number of benzene rings is 2. The van der Waals surface area contributed by atoms with Crippen LogP contribution in [0.15, 0.2) is 66.2 Å². The molecule has 30 heavy (non-hydrogen) atoms. The standard InChI is InChI=1S/C22H15FN4O2S/c1-29-21-16-5-3-2-4-14(16)12-17(24-21)20(28)26-19-18(13-6-8-15(23)9-7-13)25-22-27(19)10-11-30-22/h2-12H,1H3,(H,26,28). The molecule has 0 radical (unpaired) electrons. The summed E-state index contributed by atoms with van der Waals surface area (Å²) in [7, 11) is 1.52. The summed E-state index contributed by atoms with van der Waals surface area (Å²) in [6.07, 6.45) is 1.82. The van der Waals surface area contributed by atoms with E-state index in [-0.39, 0.29) is 11.5 Å². The normalized spacial score (nSPS) is 11.1. The van der Waals surface area contributed by atoms with E-state index in [0.717, 1.165) is 10.8 Å². The summed E-state index contributed by atoms with van der Waals surface area (Å²) < 4.78 is 20.5. The first-order valence-corrected chi connectivity index (χ1v) is 9.98. The molecule has 5 rings (SSSR count). The summed E-state index contributed by atoms with van der Waals surface area (Å²) in [6.45, 7) is 0. The van der Waals surface area contributed by atoms with Crippen molar-refractivity contribution in [3.8, 4) is 17.1 Å². The van der Waals surface area contributed by atoms with Crippen LogP contribution in [0.4, 0.5) is 10.2 Å². The maximum atomic E-state index is 13.4. The van der Waals surface area contributed by atoms with Gasteiger partial charge in [-0.05, 0) is 41.8 Å². The molecule has 3 aromatic heterocycles. The number of aromatic nitrogens is 3. The minimum atomic E-state index is -0.393. The van der Waals surface area contributed by atoms with Crippen molar-refractivity contribution in [2.75, 3.05) is 12.4 Å². The van der Waals surface area contributed by atoms with E-state index in [0.29, 0.717) is 27.9 Å². The van der Waals surface area contributed by atoms with Crippen LogP contribution in [0.1, 0.15) is 10.5 Å². The molecule has 0 spiro atoms. The van der Waals surface area contributed by atoms with Crippen LogP contribution < -0.4 is 10.1 Å². The van der Waals surface area contributed by atoms with Crippen molar-refractivity contribution in [2.45, 2.75) is 0 Å². The van der Waals surface area contributed by atoms with E-state index >= 15 is 0 Å². The van der Waals surface area contributed by atoms with Crippen LogP contribution in [0.2, 0.25) is 0 Å². The molecular weight excluding hydrogens is 403 g/mol. The predicted molar refractivity (Wildman–Crippen MR) is 115 cm³/mol. The van der Waals surface area contributed by atoms with E-state index in [4.69, 9.17) is 4.74 Å². The number of hydrogen-bond donors (Lipinski definition) is 1. The molecule has 0 atom stereocenters. The Morgan fingerprint density at radius 2 is 1.93 bits per heavy atom. The second-order valence-electron chi connectivity index (χ2n) is 6.56. The molecular formula is C22H15FN4O2S. The summed E-state index contributed by atoms with van der Waals surface area (Å²) in [5.74, 6) is 0.149. The second-order valence-corrected chi connectivity index (χ2v) is 7.44. The van der Waals surface area contributed by atoms with Gasteiger partial charge in [0, 0.05) is 22.5 Å². The maximum Gasteiger partial charge on any atom is 0.275 e. The van der Waals surface area contributed by atoms with Gasteiger partial charge in [0.25, 0.3) is 5.91 Å². The van der Waals surface area contributed by atoms with E-state index in [9.17, 15) is 9.18 Å². The topological polar surface area (TPSA) is 68.5 Å². The van der Waals surface area contributed by atoms with Gasteiger partial charge in [0.2, 0.25) is 5.88 Å². The third-order valence-corrected chi connectivity index (χ3v) is 5.50. The molecule has 1 amide bonds. The molecule has 0 saturated carbocycles. The first-order valence-electron chi connectivity index (χ1n) is 9.10. The fraction of sp³-hybridized carbons (Fsp3) is 0.0455. The Bertz CT molecular complexity index is 1390. The van der Waals surface area contributed by atoms with Crippen molar-refractivity contribution < 1.29 is 13.9 Å². The smallest absolute Gasteiger partial charge is 0.275 e. The van der Waals surface area contributed by atoms with E-state index in [1.165, 1.54) is 30.6 Å². The summed E-state index contributed by atoms with van der Waals surface area (Å²) in [4.78, 5) is 22.8. The van der Waals surface area contributed by atoms with Gasteiger partial charge in [0.05, 0.1) is 7.11 Å². The van der Waals surface area contributed by atoms with E-state index in [1.54, 1.807) is 22.6 Å². The zero-order chi connectivity index (χ0) is 20.7. The molecule has 0 aliphatic heterocycles. The maximum absolute atomic E-state index is 13.4. The van der Waals surface area contributed by atoms with E-state index < -0.39 is 5.91 Å². The third-order valence-electron chi connectivity index (χ3n) is 4.74. The highest BCUT2D eigenvalue weighted by atomic mass is 32.1. The Morgan fingerprint density at radius 1 is 1.13 bits per heavy atom. The number of anilines is 1. The molecule has 0 aliphatic carbocycles. The molecule has 148 valence electrons. The Balaban J connectivity index is 1.58. The fourth-order valence-electron chi connectivity index (χ4n) is 3.32. The monoisotopic (exact) mass is 418 g/mol. The van der Waals surface area contributed by atoms with Gasteiger partial charge in [-0.15, -0.1) is 11.3 Å². The lowest BCUT2D eigenvalue weighted by Crippen LogP contribution is -2.16. The molecule has 0 unspecified atom stereocenters. The number of fused-ring (bicyclic) bond motifs is 2. The van der Waals surface area contributed by atoms with Gasteiger partial charge in [-0.25, -0.2) is 14.4 Å². The van der Waals surface area contributed by atoms with Crippen molar-refractivity contribution >= 4 is 38.8 Å². The predicted octanol–water partition coefficient (Wildman–Crippen LogP) is 5.01. The highest BCUT2D eigenvalue weighted by molar-refractivity contribution is 7.15. The molecule has 0 saturated heterocycles. The number of imidazole rings is 1. The van der Waals surface area contributed by atoms with Crippen LogP contribution in [0.3, 0.4) is 0 Å². The van der Waals surface area contributed by atoms with Gasteiger partial charge in [-0.2, -0.15) is 0 Å². The largest absolute Gasteiger partial charge is 0.481 e. The molecule has 1 N–H and O–H groups in total. The molecule has 0 fully saturated rings. The van der Waals surface area contributed by atoms with Crippen molar-refractivity contribution in [1.82, 2.24) is 14.4 Å². The number of carbonyl (C=O) groups is 1. The SMILES string of the molecule is COc1nc(C(=O)Nc2c(-c3ccc(F)cc3)nc3sccn23)cc2ccccc12. The number of nitrogens with one attached hydrogen (secondary N) is 1. The minimum Gasteiger partial charge on any atom is -0.481 e. The average Bonchev–Trinajstić information content (AvgIpc) is 3.36. The van der Waals surface area contributed by atoms with Crippen LogP contribution >= 0.6 is 11.3 Å². The Kier molecular flexibility index (Phi) is 4.40. The molecule has 0 bridgehead atoms. The second kappa shape index (κ2) is 7.23. The lowest BCUT2D eigenvalue weighted by molar-refractivity contribution is 0.102. The number of nitrogens with zero attached hydrogens (tertiary/aromatic N) is 3. The minimum absolute atomic E-state index is 0.223. The van der Waals surface area contributed by atoms with Crippen molar-refractivity contribution in [3.63, 3.8) is 0 Å². The van der Waals surface area contributed by atoms with Crippen LogP contribution in [-0.2, 0) is 0 Å². The van der Waals surface area contributed by atoms with E-state index in [1.807, 2.05) is 35.8 Å². The Hall–Kier alpha value is -3.78. The Labute approximate surface area is 174 Å². The number of halogens is 1. The molecule has 2 aromatic carbocycles. The summed E-state index contributed by atoms with van der Waals surface area (Å²) in [5, 5.41) is 6.48. The number of amides is 1. The van der Waals surface area contributed by atoms with Crippen LogP contribution in [0.25, 0.3) is 27.0 Å². The van der Waals surface area contributed by atoms with Crippen molar-refractivity contribution in [2.24, 2.45) is 0 Å². The van der Waals surface area contributed by atoms with Gasteiger partial charge in [-0.1, -0.05) is 18.2 Å². The summed E-state index contributed by atoms with van der Waals surface area (Å²) >= 11 is 1.44. The lowest BCUT2D eigenvalue weighted by atomic mass is 10.1. The van der Waals surface area contributed by atoms with E-state index in [2.05, 4.69) is 15.3 Å². The lowest BCUT2D eigenvalue weighted by Gasteiger charge is -2.10. The first kappa shape index (κ1) is 18.3. The first-order chi connectivity index (χ1) is 14.6. The number of hydrogen-bond acceptors (Lipinski definition) is 5. The van der Waals surface area contributed by atoms with Gasteiger partial charge in [0.1, 0.15) is 23.0 Å². The number of pyridine rings is 1.